The Morgan fingerprint density at radius 3 is 2.33 bits per heavy atom. The van der Waals surface area contributed by atoms with E-state index in [1.165, 1.54) is 30.5 Å². The third-order valence-electron chi connectivity index (χ3n) is 1.96. The van der Waals surface area contributed by atoms with Gasteiger partial charge in [-0.3, -0.25) is 0 Å². The average molecular weight is 256 g/mol. The van der Waals surface area contributed by atoms with Crippen LogP contribution in [0.5, 0.6) is 5.75 Å². The maximum Gasteiger partial charge on any atom is 0.573 e. The summed E-state index contributed by atoms with van der Waals surface area (Å²) in [6, 6.07) is 5.21. The number of hydrogen-bond acceptors (Lipinski definition) is 5. The molecule has 0 aliphatic rings. The number of ether oxygens (including phenoxy) is 1. The Labute approximate surface area is 99.4 Å². The molecule has 0 bridgehead atoms. The van der Waals surface area contributed by atoms with E-state index < -0.39 is 6.36 Å². The zero-order chi connectivity index (χ0) is 13.2. The van der Waals surface area contributed by atoms with Crippen molar-refractivity contribution in [3.8, 4) is 17.0 Å². The Morgan fingerprint density at radius 2 is 1.78 bits per heavy atom. The lowest BCUT2D eigenvalue weighted by Crippen LogP contribution is -2.16. The largest absolute Gasteiger partial charge is 0.573 e. The minimum Gasteiger partial charge on any atom is -0.406 e. The van der Waals surface area contributed by atoms with Crippen molar-refractivity contribution < 1.29 is 17.9 Å². The second kappa shape index (κ2) is 4.47. The molecule has 0 unspecified atom stereocenters. The maximum atomic E-state index is 11.9. The molecule has 0 spiro atoms. The highest BCUT2D eigenvalue weighted by Crippen LogP contribution is 2.25. The van der Waals surface area contributed by atoms with E-state index in [9.17, 15) is 13.2 Å². The second-order valence-electron chi connectivity index (χ2n) is 3.27. The minimum absolute atomic E-state index is 0.0110. The van der Waals surface area contributed by atoms with E-state index in [1.54, 1.807) is 0 Å². The third-order valence-corrected chi connectivity index (χ3v) is 1.96. The Morgan fingerprint density at radius 1 is 1.11 bits per heavy atom. The van der Waals surface area contributed by atoms with E-state index in [0.717, 1.165) is 0 Å². The zero-order valence-electron chi connectivity index (χ0n) is 8.85. The Kier molecular flexibility index (Phi) is 3.00. The van der Waals surface area contributed by atoms with Crippen LogP contribution < -0.4 is 10.5 Å². The summed E-state index contributed by atoms with van der Waals surface area (Å²) < 4.78 is 39.6. The summed E-state index contributed by atoms with van der Waals surface area (Å²) in [6.45, 7) is 0. The van der Waals surface area contributed by atoms with Crippen LogP contribution >= 0.6 is 0 Å². The molecule has 0 saturated heterocycles. The molecule has 0 saturated carbocycles. The van der Waals surface area contributed by atoms with Crippen LogP contribution in [0.15, 0.2) is 30.5 Å². The van der Waals surface area contributed by atoms with Crippen molar-refractivity contribution in [3.05, 3.63) is 30.5 Å². The van der Waals surface area contributed by atoms with Crippen LogP contribution in [0.1, 0.15) is 0 Å². The lowest BCUT2D eigenvalue weighted by molar-refractivity contribution is -0.274. The van der Waals surface area contributed by atoms with Gasteiger partial charge in [0.1, 0.15) is 5.75 Å². The maximum absolute atomic E-state index is 11.9. The lowest BCUT2D eigenvalue weighted by atomic mass is 10.1. The molecule has 0 amide bonds. The van der Waals surface area contributed by atoms with Gasteiger partial charge in [0.25, 0.3) is 0 Å². The zero-order valence-corrected chi connectivity index (χ0v) is 8.85. The Hall–Kier alpha value is -2.38. The predicted molar refractivity (Wildman–Crippen MR) is 56.4 cm³/mol. The van der Waals surface area contributed by atoms with Gasteiger partial charge in [-0.05, 0) is 24.3 Å². The Balaban J connectivity index is 2.22. The SMILES string of the molecule is Nc1nncc(-c2ccc(OC(F)(F)F)cc2)n1. The molecule has 0 fully saturated rings. The van der Waals surface area contributed by atoms with E-state index in [1.807, 2.05) is 0 Å². The van der Waals surface area contributed by atoms with E-state index in [4.69, 9.17) is 5.73 Å². The van der Waals surface area contributed by atoms with E-state index in [-0.39, 0.29) is 11.7 Å². The first-order valence-corrected chi connectivity index (χ1v) is 4.75. The Bertz CT molecular complexity index is 542. The van der Waals surface area contributed by atoms with Crippen molar-refractivity contribution in [3.63, 3.8) is 0 Å². The predicted octanol–water partition coefficient (Wildman–Crippen LogP) is 2.02. The topological polar surface area (TPSA) is 73.9 Å². The van der Waals surface area contributed by atoms with Gasteiger partial charge in [-0.15, -0.1) is 18.3 Å². The van der Waals surface area contributed by atoms with Gasteiger partial charge in [0.05, 0.1) is 11.9 Å². The van der Waals surface area contributed by atoms with Crippen molar-refractivity contribution in [1.29, 1.82) is 0 Å². The van der Waals surface area contributed by atoms with Gasteiger partial charge in [0.15, 0.2) is 0 Å². The number of nitrogens with zero attached hydrogens (tertiary/aromatic N) is 3. The van der Waals surface area contributed by atoms with E-state index in [0.29, 0.717) is 11.3 Å². The average Bonchev–Trinajstić information content (AvgIpc) is 2.28. The van der Waals surface area contributed by atoms with Gasteiger partial charge in [-0.25, -0.2) is 4.98 Å². The summed E-state index contributed by atoms with van der Waals surface area (Å²) in [7, 11) is 0. The summed E-state index contributed by atoms with van der Waals surface area (Å²) >= 11 is 0. The second-order valence-corrected chi connectivity index (χ2v) is 3.27. The summed E-state index contributed by atoms with van der Waals surface area (Å²) in [5.41, 5.74) is 6.33. The van der Waals surface area contributed by atoms with E-state index in [2.05, 4.69) is 19.9 Å². The van der Waals surface area contributed by atoms with Crippen LogP contribution in [-0.4, -0.2) is 21.5 Å². The van der Waals surface area contributed by atoms with Crippen molar-refractivity contribution in [2.24, 2.45) is 0 Å². The number of alkyl halides is 3. The fourth-order valence-corrected chi connectivity index (χ4v) is 1.28. The molecule has 8 heteroatoms. The third kappa shape index (κ3) is 3.06. The highest BCUT2D eigenvalue weighted by Gasteiger charge is 2.30. The van der Waals surface area contributed by atoms with Gasteiger partial charge in [-0.1, -0.05) is 0 Å². The number of benzene rings is 1. The molecule has 1 aromatic carbocycles. The van der Waals surface area contributed by atoms with Crippen LogP contribution in [0.4, 0.5) is 19.1 Å². The molecule has 5 nitrogen and oxygen atoms in total. The fraction of sp³-hybridized carbons (Fsp3) is 0.100. The minimum atomic E-state index is -4.71. The van der Waals surface area contributed by atoms with Crippen molar-refractivity contribution in [2.75, 3.05) is 5.73 Å². The van der Waals surface area contributed by atoms with Gasteiger partial charge in [0.2, 0.25) is 5.95 Å². The quantitative estimate of drug-likeness (QED) is 0.889. The van der Waals surface area contributed by atoms with Gasteiger partial charge >= 0.3 is 6.36 Å². The molecular weight excluding hydrogens is 249 g/mol. The number of halogens is 3. The molecular formula is C10H7F3N4O. The number of aromatic nitrogens is 3. The smallest absolute Gasteiger partial charge is 0.406 e. The summed E-state index contributed by atoms with van der Waals surface area (Å²) in [6.07, 6.45) is -3.35. The molecule has 2 aromatic rings. The van der Waals surface area contributed by atoms with Crippen molar-refractivity contribution >= 4 is 5.95 Å². The molecule has 1 aromatic heterocycles. The fourth-order valence-electron chi connectivity index (χ4n) is 1.28. The first-order chi connectivity index (χ1) is 8.44. The number of nitrogens with two attached hydrogens (primary N) is 1. The molecule has 0 radical (unpaired) electrons. The molecule has 94 valence electrons. The van der Waals surface area contributed by atoms with Crippen molar-refractivity contribution in [1.82, 2.24) is 15.2 Å². The van der Waals surface area contributed by atoms with Crippen LogP contribution in [0.25, 0.3) is 11.3 Å². The summed E-state index contributed by atoms with van der Waals surface area (Å²) in [5.74, 6) is -0.315. The summed E-state index contributed by atoms with van der Waals surface area (Å²) in [4.78, 5) is 3.89. The standard InChI is InChI=1S/C10H7F3N4O/c11-10(12,13)18-7-3-1-6(2-4-7)8-5-15-17-9(14)16-8/h1-5H,(H2,14,16,17). The van der Waals surface area contributed by atoms with Crippen molar-refractivity contribution in [2.45, 2.75) is 6.36 Å². The van der Waals surface area contributed by atoms with E-state index >= 15 is 0 Å². The molecule has 0 aliphatic heterocycles. The molecule has 2 N–H and O–H groups in total. The van der Waals surface area contributed by atoms with Crippen LogP contribution in [-0.2, 0) is 0 Å². The molecule has 0 atom stereocenters. The number of rotatable bonds is 2. The van der Waals surface area contributed by atoms with Gasteiger partial charge in [0, 0.05) is 5.56 Å². The molecule has 2 rings (SSSR count). The highest BCUT2D eigenvalue weighted by atomic mass is 19.4. The normalized spacial score (nSPS) is 11.3. The molecule has 18 heavy (non-hydrogen) atoms. The van der Waals surface area contributed by atoms with Crippen LogP contribution in [0.3, 0.4) is 0 Å². The monoisotopic (exact) mass is 256 g/mol. The number of nitrogen functional groups attached to an aromatic ring is 1. The summed E-state index contributed by atoms with van der Waals surface area (Å²) in [5, 5.41) is 7.07. The molecule has 1 heterocycles. The van der Waals surface area contributed by atoms with Gasteiger partial charge in [-0.2, -0.15) is 5.10 Å². The lowest BCUT2D eigenvalue weighted by Gasteiger charge is -2.08. The number of anilines is 1. The first-order valence-electron chi connectivity index (χ1n) is 4.75. The van der Waals surface area contributed by atoms with Crippen LogP contribution in [0, 0.1) is 0 Å². The van der Waals surface area contributed by atoms with Crippen LogP contribution in [0.2, 0.25) is 0 Å². The number of hydrogen-bond donors (Lipinski definition) is 1. The van der Waals surface area contributed by atoms with Gasteiger partial charge < -0.3 is 10.5 Å². The highest BCUT2D eigenvalue weighted by molar-refractivity contribution is 5.59. The molecule has 0 aliphatic carbocycles. The first kappa shape index (κ1) is 12.1.